The van der Waals surface area contributed by atoms with Gasteiger partial charge >= 0.3 is 0 Å². The van der Waals surface area contributed by atoms with Gasteiger partial charge in [-0.2, -0.15) is 5.26 Å². The summed E-state index contributed by atoms with van der Waals surface area (Å²) in [4.78, 5) is 0. The van der Waals surface area contributed by atoms with Crippen LogP contribution in [0.4, 0.5) is 4.39 Å². The normalized spacial score (nSPS) is 17.1. The summed E-state index contributed by atoms with van der Waals surface area (Å²) >= 11 is 6.13. The molecule has 106 valence electrons. The molecule has 21 heavy (non-hydrogen) atoms. The second-order valence-electron chi connectivity index (χ2n) is 4.63. The highest BCUT2D eigenvalue weighted by atomic mass is 35.5. The Kier molecular flexibility index (Phi) is 3.07. The number of allylic oxidation sites excluding steroid dienone is 1. The third-order valence-electron chi connectivity index (χ3n) is 3.42. The van der Waals surface area contributed by atoms with Gasteiger partial charge in [0.05, 0.1) is 5.92 Å². The van der Waals surface area contributed by atoms with Crippen molar-refractivity contribution in [2.24, 2.45) is 5.73 Å². The fourth-order valence-corrected chi connectivity index (χ4v) is 2.75. The lowest BCUT2D eigenvalue weighted by molar-refractivity contribution is 0.378. The van der Waals surface area contributed by atoms with Gasteiger partial charge < -0.3 is 10.5 Å². The number of aryl methyl sites for hydroxylation is 1. The van der Waals surface area contributed by atoms with Crippen LogP contribution in [0.1, 0.15) is 22.7 Å². The number of hydrogen-bond donors (Lipinski definition) is 2. The largest absolute Gasteiger partial charge is 0.420 e. The summed E-state index contributed by atoms with van der Waals surface area (Å²) in [7, 11) is 0. The lowest BCUT2D eigenvalue weighted by Gasteiger charge is -2.24. The van der Waals surface area contributed by atoms with Gasteiger partial charge in [-0.05, 0) is 19.1 Å². The van der Waals surface area contributed by atoms with Crippen LogP contribution >= 0.6 is 11.6 Å². The summed E-state index contributed by atoms with van der Waals surface area (Å²) in [6.45, 7) is 1.76. The molecule has 0 fully saturated rings. The minimum atomic E-state index is -0.744. The number of nitrogens with two attached hydrogens (primary N) is 1. The first-order chi connectivity index (χ1) is 10.0. The standard InChI is InChI=1S/C14H10ClFN4O/c1-6-10-11(12-8(15)3-2-4-9(12)16)7(5-17)13(18)21-14(10)20-19-6/h2-4,11H,18H2,1H3,(H,19,20)/t11-/m1/s1. The molecule has 5 nitrogen and oxygen atoms in total. The molecule has 0 aliphatic carbocycles. The molecule has 1 aromatic carbocycles. The molecule has 2 heterocycles. The van der Waals surface area contributed by atoms with Gasteiger partial charge in [0.2, 0.25) is 11.8 Å². The molecule has 1 aromatic heterocycles. The SMILES string of the molecule is Cc1[nH]nc2c1[C@H](c1c(F)cccc1Cl)C(C#N)=C(N)O2. The van der Waals surface area contributed by atoms with Crippen molar-refractivity contribution in [1.82, 2.24) is 10.2 Å². The predicted molar refractivity (Wildman–Crippen MR) is 74.0 cm³/mol. The van der Waals surface area contributed by atoms with E-state index >= 15 is 0 Å². The van der Waals surface area contributed by atoms with E-state index in [1.807, 2.05) is 6.07 Å². The molecule has 3 rings (SSSR count). The number of nitriles is 1. The molecule has 0 amide bonds. The van der Waals surface area contributed by atoms with E-state index < -0.39 is 11.7 Å². The number of aromatic amines is 1. The van der Waals surface area contributed by atoms with Crippen molar-refractivity contribution in [1.29, 1.82) is 5.26 Å². The third kappa shape index (κ3) is 1.94. The first-order valence-corrected chi connectivity index (χ1v) is 6.48. The minimum Gasteiger partial charge on any atom is -0.420 e. The Morgan fingerprint density at radius 1 is 1.48 bits per heavy atom. The van der Waals surface area contributed by atoms with Crippen LogP contribution in [-0.4, -0.2) is 10.2 Å². The molecular weight excluding hydrogens is 295 g/mol. The van der Waals surface area contributed by atoms with Gasteiger partial charge in [-0.25, -0.2) is 4.39 Å². The molecule has 3 N–H and O–H groups in total. The van der Waals surface area contributed by atoms with Crippen molar-refractivity contribution in [3.63, 3.8) is 0 Å². The number of nitrogens with zero attached hydrogens (tertiary/aromatic N) is 2. The Labute approximate surface area is 124 Å². The van der Waals surface area contributed by atoms with E-state index in [4.69, 9.17) is 22.1 Å². The minimum absolute atomic E-state index is 0.0965. The summed E-state index contributed by atoms with van der Waals surface area (Å²) in [6, 6.07) is 6.33. The second kappa shape index (κ2) is 4.79. The van der Waals surface area contributed by atoms with Crippen molar-refractivity contribution in [3.8, 4) is 11.9 Å². The number of nitrogens with one attached hydrogen (secondary N) is 1. The van der Waals surface area contributed by atoms with Gasteiger partial charge in [-0.1, -0.05) is 17.7 Å². The fourth-order valence-electron chi connectivity index (χ4n) is 2.47. The summed E-state index contributed by atoms with van der Waals surface area (Å²) in [6.07, 6.45) is 0. The number of aromatic nitrogens is 2. The summed E-state index contributed by atoms with van der Waals surface area (Å²) in [5.41, 5.74) is 7.28. The van der Waals surface area contributed by atoms with E-state index in [0.717, 1.165) is 0 Å². The molecule has 7 heteroatoms. The fraction of sp³-hybridized carbons (Fsp3) is 0.143. The van der Waals surface area contributed by atoms with E-state index in [1.165, 1.54) is 12.1 Å². The molecule has 0 unspecified atom stereocenters. The number of fused-ring (bicyclic) bond motifs is 1. The van der Waals surface area contributed by atoms with Crippen molar-refractivity contribution in [3.05, 3.63) is 57.3 Å². The van der Waals surface area contributed by atoms with Crippen molar-refractivity contribution < 1.29 is 9.13 Å². The number of halogens is 2. The first-order valence-electron chi connectivity index (χ1n) is 6.11. The van der Waals surface area contributed by atoms with Gasteiger partial charge in [-0.3, -0.25) is 5.10 Å². The molecule has 0 saturated carbocycles. The van der Waals surface area contributed by atoms with Gasteiger partial charge in [0.15, 0.2) is 0 Å². The molecule has 2 aromatic rings. The van der Waals surface area contributed by atoms with E-state index in [-0.39, 0.29) is 27.9 Å². The van der Waals surface area contributed by atoms with Gasteiger partial charge in [0.25, 0.3) is 0 Å². The smallest absolute Gasteiger partial charge is 0.244 e. The zero-order valence-corrected chi connectivity index (χ0v) is 11.7. The maximum Gasteiger partial charge on any atom is 0.244 e. The number of hydrogen-bond acceptors (Lipinski definition) is 4. The van der Waals surface area contributed by atoms with Gasteiger partial charge in [0.1, 0.15) is 17.5 Å². The van der Waals surface area contributed by atoms with Crippen LogP contribution < -0.4 is 10.5 Å². The van der Waals surface area contributed by atoms with Gasteiger partial charge in [0, 0.05) is 21.8 Å². The van der Waals surface area contributed by atoms with Crippen LogP contribution in [0.15, 0.2) is 29.7 Å². The molecule has 0 saturated heterocycles. The zero-order valence-electron chi connectivity index (χ0n) is 10.9. The average molecular weight is 305 g/mol. The number of rotatable bonds is 1. The monoisotopic (exact) mass is 304 g/mol. The maximum absolute atomic E-state index is 14.3. The molecule has 0 radical (unpaired) electrons. The van der Waals surface area contributed by atoms with Crippen LogP contribution in [0, 0.1) is 24.1 Å². The van der Waals surface area contributed by atoms with Crippen molar-refractivity contribution >= 4 is 11.6 Å². The molecule has 1 atom stereocenters. The highest BCUT2D eigenvalue weighted by molar-refractivity contribution is 6.31. The van der Waals surface area contributed by atoms with Crippen molar-refractivity contribution in [2.75, 3.05) is 0 Å². The Balaban J connectivity index is 2.33. The van der Waals surface area contributed by atoms with Gasteiger partial charge in [-0.15, -0.1) is 5.10 Å². The van der Waals surface area contributed by atoms with Crippen LogP contribution in [0.5, 0.6) is 5.88 Å². The van der Waals surface area contributed by atoms with E-state index in [1.54, 1.807) is 13.0 Å². The van der Waals surface area contributed by atoms with Crippen LogP contribution in [0.3, 0.4) is 0 Å². The third-order valence-corrected chi connectivity index (χ3v) is 3.75. The molecule has 1 aliphatic heterocycles. The summed E-state index contributed by atoms with van der Waals surface area (Å²) < 4.78 is 19.6. The number of benzene rings is 1. The topological polar surface area (TPSA) is 87.7 Å². The predicted octanol–water partition coefficient (Wildman–Crippen LogP) is 2.73. The lowest BCUT2D eigenvalue weighted by Crippen LogP contribution is -2.21. The molecule has 0 spiro atoms. The molecule has 1 aliphatic rings. The maximum atomic E-state index is 14.3. The summed E-state index contributed by atoms with van der Waals surface area (Å²) in [5.74, 6) is -1.12. The van der Waals surface area contributed by atoms with E-state index in [9.17, 15) is 9.65 Å². The highest BCUT2D eigenvalue weighted by Gasteiger charge is 2.36. The highest BCUT2D eigenvalue weighted by Crippen LogP contribution is 2.45. The molecular formula is C14H10ClFN4O. The van der Waals surface area contributed by atoms with Crippen LogP contribution in [0.2, 0.25) is 5.02 Å². The Bertz CT molecular complexity index is 786. The lowest BCUT2D eigenvalue weighted by atomic mass is 9.84. The van der Waals surface area contributed by atoms with E-state index in [2.05, 4.69) is 10.2 Å². The van der Waals surface area contributed by atoms with Crippen LogP contribution in [0.25, 0.3) is 0 Å². The van der Waals surface area contributed by atoms with Crippen molar-refractivity contribution in [2.45, 2.75) is 12.8 Å². The Morgan fingerprint density at radius 3 is 2.90 bits per heavy atom. The van der Waals surface area contributed by atoms with E-state index in [0.29, 0.717) is 11.3 Å². The quantitative estimate of drug-likeness (QED) is 0.848. The second-order valence-corrected chi connectivity index (χ2v) is 5.03. The zero-order chi connectivity index (χ0) is 15.1. The Hall–Kier alpha value is -2.52. The number of ether oxygens (including phenoxy) is 1. The first kappa shape index (κ1) is 13.5. The Morgan fingerprint density at radius 2 is 2.24 bits per heavy atom. The number of H-pyrrole nitrogens is 1. The molecule has 0 bridgehead atoms. The van der Waals surface area contributed by atoms with Crippen LogP contribution in [-0.2, 0) is 0 Å². The summed E-state index contributed by atoms with van der Waals surface area (Å²) in [5, 5.41) is 16.3. The average Bonchev–Trinajstić information content (AvgIpc) is 2.79.